The zero-order chi connectivity index (χ0) is 13.1. The molecule has 2 rings (SSSR count). The molecule has 1 heterocycles. The molecule has 5 heteroatoms. The molecule has 0 unspecified atom stereocenters. The van der Waals surface area contributed by atoms with E-state index < -0.39 is 0 Å². The Morgan fingerprint density at radius 3 is 2.72 bits per heavy atom. The third-order valence-electron chi connectivity index (χ3n) is 2.83. The Morgan fingerprint density at radius 2 is 2.06 bits per heavy atom. The first-order chi connectivity index (χ1) is 8.69. The summed E-state index contributed by atoms with van der Waals surface area (Å²) in [7, 11) is 0. The van der Waals surface area contributed by atoms with Crippen molar-refractivity contribution in [2.45, 2.75) is 32.7 Å². The highest BCUT2D eigenvalue weighted by molar-refractivity contribution is 6.33. The van der Waals surface area contributed by atoms with Gasteiger partial charge in [0, 0.05) is 12.1 Å². The maximum atomic E-state index is 6.34. The number of halogens is 2. The quantitative estimate of drug-likeness (QED) is 0.793. The van der Waals surface area contributed by atoms with Crippen LogP contribution in [0.1, 0.15) is 24.7 Å². The van der Waals surface area contributed by atoms with Gasteiger partial charge in [-0.3, -0.25) is 0 Å². The van der Waals surface area contributed by atoms with Gasteiger partial charge in [-0.2, -0.15) is 0 Å². The number of aromatic nitrogens is 3. The third-order valence-corrected chi connectivity index (χ3v) is 3.57. The van der Waals surface area contributed by atoms with E-state index in [9.17, 15) is 0 Å². The van der Waals surface area contributed by atoms with Crippen LogP contribution in [-0.2, 0) is 12.4 Å². The molecule has 0 radical (unpaired) electrons. The van der Waals surface area contributed by atoms with E-state index >= 15 is 0 Å². The molecular weight excluding hydrogens is 269 g/mol. The summed E-state index contributed by atoms with van der Waals surface area (Å²) in [5, 5.41) is 9.07. The number of alkyl halides is 1. The molecule has 0 atom stereocenters. The van der Waals surface area contributed by atoms with Crippen molar-refractivity contribution in [1.82, 2.24) is 14.8 Å². The molecule has 18 heavy (non-hydrogen) atoms. The number of aryl methyl sites for hydroxylation is 1. The van der Waals surface area contributed by atoms with Crippen molar-refractivity contribution in [3.8, 4) is 11.4 Å². The standard InChI is InChI=1S/C13H15Cl2N3/c1-3-7-18-11(8-14)16-17-13(18)10-6-4-5-9(2)12(10)15/h4-6H,3,7-8H2,1-2H3. The molecule has 0 saturated heterocycles. The average Bonchev–Trinajstić information content (AvgIpc) is 2.76. The average molecular weight is 284 g/mol. The smallest absolute Gasteiger partial charge is 0.165 e. The van der Waals surface area contributed by atoms with Crippen LogP contribution >= 0.6 is 23.2 Å². The zero-order valence-corrected chi connectivity index (χ0v) is 12.0. The van der Waals surface area contributed by atoms with E-state index in [1.165, 1.54) is 0 Å². The third kappa shape index (κ3) is 2.38. The predicted octanol–water partition coefficient (Wildman–Crippen LogP) is 4.06. The van der Waals surface area contributed by atoms with E-state index in [2.05, 4.69) is 17.1 Å². The fourth-order valence-corrected chi connectivity index (χ4v) is 2.32. The molecule has 0 saturated carbocycles. The summed E-state index contributed by atoms with van der Waals surface area (Å²) in [5.74, 6) is 1.93. The fraction of sp³-hybridized carbons (Fsp3) is 0.385. The first kappa shape index (κ1) is 13.4. The molecule has 0 fully saturated rings. The van der Waals surface area contributed by atoms with Crippen molar-refractivity contribution < 1.29 is 0 Å². The maximum absolute atomic E-state index is 6.34. The molecule has 0 aliphatic heterocycles. The summed E-state index contributed by atoms with van der Waals surface area (Å²) < 4.78 is 2.04. The van der Waals surface area contributed by atoms with Gasteiger partial charge in [-0.25, -0.2) is 0 Å². The van der Waals surface area contributed by atoms with Crippen molar-refractivity contribution in [3.63, 3.8) is 0 Å². The summed E-state index contributed by atoms with van der Waals surface area (Å²) in [6.07, 6.45) is 0.998. The molecule has 3 nitrogen and oxygen atoms in total. The summed E-state index contributed by atoms with van der Waals surface area (Å²) >= 11 is 12.2. The van der Waals surface area contributed by atoms with Crippen molar-refractivity contribution >= 4 is 23.2 Å². The van der Waals surface area contributed by atoms with Gasteiger partial charge in [-0.1, -0.05) is 30.7 Å². The van der Waals surface area contributed by atoms with Gasteiger partial charge in [0.15, 0.2) is 5.82 Å². The molecule has 0 bridgehead atoms. The fourth-order valence-electron chi connectivity index (χ4n) is 1.91. The van der Waals surface area contributed by atoms with Crippen molar-refractivity contribution in [1.29, 1.82) is 0 Å². The molecule has 0 aliphatic carbocycles. The van der Waals surface area contributed by atoms with Gasteiger partial charge in [0.2, 0.25) is 0 Å². The van der Waals surface area contributed by atoms with Crippen LogP contribution in [0.25, 0.3) is 11.4 Å². The topological polar surface area (TPSA) is 30.7 Å². The minimum absolute atomic E-state index is 0.358. The normalized spacial score (nSPS) is 10.9. The van der Waals surface area contributed by atoms with Crippen molar-refractivity contribution in [2.24, 2.45) is 0 Å². The first-order valence-corrected chi connectivity index (χ1v) is 6.83. The lowest BCUT2D eigenvalue weighted by Gasteiger charge is -2.10. The van der Waals surface area contributed by atoms with E-state index in [1.54, 1.807) is 0 Å². The van der Waals surface area contributed by atoms with Gasteiger partial charge in [0.05, 0.1) is 10.9 Å². The molecule has 0 spiro atoms. The Labute approximate surface area is 117 Å². The second-order valence-corrected chi connectivity index (χ2v) is 4.81. The second kappa shape index (κ2) is 5.72. The van der Waals surface area contributed by atoms with E-state index in [-0.39, 0.29) is 0 Å². The highest BCUT2D eigenvalue weighted by Gasteiger charge is 2.15. The predicted molar refractivity (Wildman–Crippen MR) is 75.1 cm³/mol. The van der Waals surface area contributed by atoms with E-state index in [0.717, 1.165) is 40.8 Å². The Bertz CT molecular complexity index is 549. The molecule has 0 N–H and O–H groups in total. The summed E-state index contributed by atoms with van der Waals surface area (Å²) in [4.78, 5) is 0. The van der Waals surface area contributed by atoms with Crippen LogP contribution in [0, 0.1) is 6.92 Å². The van der Waals surface area contributed by atoms with Gasteiger partial charge in [0.25, 0.3) is 0 Å². The molecule has 2 aromatic rings. The Balaban J connectivity index is 2.56. The largest absolute Gasteiger partial charge is 0.310 e. The molecule has 0 aliphatic rings. The molecule has 1 aromatic heterocycles. The summed E-state index contributed by atoms with van der Waals surface area (Å²) in [5.41, 5.74) is 1.95. The number of hydrogen-bond acceptors (Lipinski definition) is 2. The Kier molecular flexibility index (Phi) is 4.25. The van der Waals surface area contributed by atoms with Crippen LogP contribution in [0.2, 0.25) is 5.02 Å². The van der Waals surface area contributed by atoms with Crippen LogP contribution in [0.3, 0.4) is 0 Å². The molecule has 1 aromatic carbocycles. The van der Waals surface area contributed by atoms with Gasteiger partial charge in [-0.15, -0.1) is 21.8 Å². The number of rotatable bonds is 4. The van der Waals surface area contributed by atoms with Crippen LogP contribution < -0.4 is 0 Å². The van der Waals surface area contributed by atoms with Crippen molar-refractivity contribution in [2.75, 3.05) is 0 Å². The van der Waals surface area contributed by atoms with Gasteiger partial charge in [0.1, 0.15) is 5.82 Å². The summed E-state index contributed by atoms with van der Waals surface area (Å²) in [6.45, 7) is 4.93. The monoisotopic (exact) mass is 283 g/mol. The van der Waals surface area contributed by atoms with Gasteiger partial charge >= 0.3 is 0 Å². The van der Waals surface area contributed by atoms with Crippen LogP contribution in [0.15, 0.2) is 18.2 Å². The van der Waals surface area contributed by atoms with Gasteiger partial charge < -0.3 is 4.57 Å². The minimum atomic E-state index is 0.358. The number of nitrogens with zero attached hydrogens (tertiary/aromatic N) is 3. The van der Waals surface area contributed by atoms with Gasteiger partial charge in [-0.05, 0) is 25.0 Å². The molecular formula is C13H15Cl2N3. The SMILES string of the molecule is CCCn1c(CCl)nnc1-c1cccc(C)c1Cl. The van der Waals surface area contributed by atoms with Crippen LogP contribution in [0.4, 0.5) is 0 Å². The van der Waals surface area contributed by atoms with E-state index in [1.807, 2.05) is 29.7 Å². The molecule has 96 valence electrons. The van der Waals surface area contributed by atoms with Crippen molar-refractivity contribution in [3.05, 3.63) is 34.6 Å². The second-order valence-electron chi connectivity index (χ2n) is 4.16. The lowest BCUT2D eigenvalue weighted by Crippen LogP contribution is -2.04. The highest BCUT2D eigenvalue weighted by atomic mass is 35.5. The lowest BCUT2D eigenvalue weighted by atomic mass is 10.1. The summed E-state index contributed by atoms with van der Waals surface area (Å²) in [6, 6.07) is 5.92. The molecule has 0 amide bonds. The van der Waals surface area contributed by atoms with Crippen LogP contribution in [-0.4, -0.2) is 14.8 Å². The van der Waals surface area contributed by atoms with Crippen LogP contribution in [0.5, 0.6) is 0 Å². The lowest BCUT2D eigenvalue weighted by molar-refractivity contribution is 0.659. The maximum Gasteiger partial charge on any atom is 0.165 e. The highest BCUT2D eigenvalue weighted by Crippen LogP contribution is 2.29. The Morgan fingerprint density at radius 1 is 1.28 bits per heavy atom. The number of hydrogen-bond donors (Lipinski definition) is 0. The van der Waals surface area contributed by atoms with E-state index in [4.69, 9.17) is 23.2 Å². The Hall–Kier alpha value is -1.06. The first-order valence-electron chi connectivity index (χ1n) is 5.92. The minimum Gasteiger partial charge on any atom is -0.310 e. The van der Waals surface area contributed by atoms with E-state index in [0.29, 0.717) is 5.88 Å². The number of benzene rings is 1. The zero-order valence-electron chi connectivity index (χ0n) is 10.5.